The van der Waals surface area contributed by atoms with Gasteiger partial charge in [0.05, 0.1) is 0 Å². The van der Waals surface area contributed by atoms with Crippen molar-refractivity contribution in [3.05, 3.63) is 63.0 Å². The van der Waals surface area contributed by atoms with Crippen LogP contribution in [-0.2, 0) is 0 Å². The van der Waals surface area contributed by atoms with Gasteiger partial charge >= 0.3 is 0 Å². The van der Waals surface area contributed by atoms with Crippen molar-refractivity contribution in [3.8, 4) is 5.75 Å². The highest BCUT2D eigenvalue weighted by molar-refractivity contribution is 9.10. The number of ether oxygens (including phenoxy) is 1. The number of halogens is 2. The van der Waals surface area contributed by atoms with E-state index in [9.17, 15) is 0 Å². The Morgan fingerprint density at radius 2 is 1.75 bits per heavy atom. The zero-order valence-electron chi connectivity index (χ0n) is 11.2. The molecule has 0 aliphatic heterocycles. The van der Waals surface area contributed by atoms with Crippen molar-refractivity contribution >= 4 is 31.9 Å². The van der Waals surface area contributed by atoms with Gasteiger partial charge in [-0.15, -0.1) is 0 Å². The zero-order valence-corrected chi connectivity index (χ0v) is 14.4. The van der Waals surface area contributed by atoms with Gasteiger partial charge in [-0.25, -0.2) is 0 Å². The summed E-state index contributed by atoms with van der Waals surface area (Å²) in [5.74, 6) is 0.821. The molecule has 2 unspecified atom stereocenters. The van der Waals surface area contributed by atoms with Crippen LogP contribution in [-0.4, -0.2) is 6.04 Å². The lowest BCUT2D eigenvalue weighted by atomic mass is 10.0. The summed E-state index contributed by atoms with van der Waals surface area (Å²) < 4.78 is 8.16. The van der Waals surface area contributed by atoms with Gasteiger partial charge in [0, 0.05) is 15.0 Å². The summed E-state index contributed by atoms with van der Waals surface area (Å²) in [6.07, 6.45) is 0.701. The standard InChI is InChI=1S/C16H17Br2NO/c1-2-15(19)16(11-4-3-5-13(18)10-11)20-14-8-6-12(17)7-9-14/h3-10,15-16H,2,19H2,1H3. The van der Waals surface area contributed by atoms with E-state index >= 15 is 0 Å². The Morgan fingerprint density at radius 1 is 1.05 bits per heavy atom. The molecule has 2 nitrogen and oxygen atoms in total. The Balaban J connectivity index is 2.26. The molecule has 0 aliphatic rings. The maximum atomic E-state index is 6.23. The van der Waals surface area contributed by atoms with Crippen LogP contribution >= 0.6 is 31.9 Å². The summed E-state index contributed by atoms with van der Waals surface area (Å²) >= 11 is 6.92. The van der Waals surface area contributed by atoms with Gasteiger partial charge in [-0.3, -0.25) is 0 Å². The van der Waals surface area contributed by atoms with E-state index in [0.717, 1.165) is 26.7 Å². The first-order chi connectivity index (χ1) is 9.60. The van der Waals surface area contributed by atoms with Gasteiger partial charge in [0.2, 0.25) is 0 Å². The summed E-state index contributed by atoms with van der Waals surface area (Å²) in [4.78, 5) is 0. The van der Waals surface area contributed by atoms with E-state index < -0.39 is 0 Å². The molecule has 0 saturated carbocycles. The third-order valence-corrected chi connectivity index (χ3v) is 4.14. The highest BCUT2D eigenvalue weighted by Gasteiger charge is 2.20. The van der Waals surface area contributed by atoms with E-state index in [4.69, 9.17) is 10.5 Å². The van der Waals surface area contributed by atoms with Crippen LogP contribution in [0.25, 0.3) is 0 Å². The van der Waals surface area contributed by atoms with Crippen molar-refractivity contribution in [2.45, 2.75) is 25.5 Å². The first-order valence-electron chi connectivity index (χ1n) is 6.53. The van der Waals surface area contributed by atoms with Gasteiger partial charge in [-0.1, -0.05) is 50.9 Å². The zero-order chi connectivity index (χ0) is 14.5. The van der Waals surface area contributed by atoms with E-state index in [2.05, 4.69) is 44.8 Å². The third-order valence-electron chi connectivity index (χ3n) is 3.11. The molecule has 106 valence electrons. The topological polar surface area (TPSA) is 35.2 Å². The van der Waals surface area contributed by atoms with Crippen LogP contribution in [0.2, 0.25) is 0 Å². The monoisotopic (exact) mass is 397 g/mol. The van der Waals surface area contributed by atoms with Gasteiger partial charge in [0.25, 0.3) is 0 Å². The number of hydrogen-bond acceptors (Lipinski definition) is 2. The molecule has 4 heteroatoms. The average molecular weight is 399 g/mol. The number of rotatable bonds is 5. The normalized spacial score (nSPS) is 13.8. The van der Waals surface area contributed by atoms with Crippen molar-refractivity contribution in [1.29, 1.82) is 0 Å². The molecule has 2 N–H and O–H groups in total. The quantitative estimate of drug-likeness (QED) is 0.762. The van der Waals surface area contributed by atoms with Crippen molar-refractivity contribution in [2.75, 3.05) is 0 Å². The molecule has 0 aliphatic carbocycles. The van der Waals surface area contributed by atoms with Crippen LogP contribution in [0.5, 0.6) is 5.75 Å². The largest absolute Gasteiger partial charge is 0.484 e. The molecular formula is C16H17Br2NO. The highest BCUT2D eigenvalue weighted by atomic mass is 79.9. The fourth-order valence-corrected chi connectivity index (χ4v) is 2.64. The number of nitrogens with two attached hydrogens (primary N) is 1. The molecular weight excluding hydrogens is 382 g/mol. The summed E-state index contributed by atoms with van der Waals surface area (Å²) in [5, 5.41) is 0. The van der Waals surface area contributed by atoms with Gasteiger partial charge in [-0.2, -0.15) is 0 Å². The first kappa shape index (κ1) is 15.5. The van der Waals surface area contributed by atoms with Crippen molar-refractivity contribution in [1.82, 2.24) is 0 Å². The van der Waals surface area contributed by atoms with Gasteiger partial charge < -0.3 is 10.5 Å². The molecule has 0 amide bonds. The Morgan fingerprint density at radius 3 is 2.35 bits per heavy atom. The molecule has 0 bridgehead atoms. The van der Waals surface area contributed by atoms with Crippen LogP contribution in [0.4, 0.5) is 0 Å². The Kier molecular flexibility index (Phi) is 5.64. The van der Waals surface area contributed by atoms with E-state index in [1.54, 1.807) is 0 Å². The molecule has 2 aromatic carbocycles. The van der Waals surface area contributed by atoms with E-state index in [1.165, 1.54) is 0 Å². The van der Waals surface area contributed by atoms with Crippen LogP contribution < -0.4 is 10.5 Å². The number of benzene rings is 2. The predicted molar refractivity (Wildman–Crippen MR) is 89.9 cm³/mol. The SMILES string of the molecule is CCC(N)C(Oc1ccc(Br)cc1)c1cccc(Br)c1. The molecule has 20 heavy (non-hydrogen) atoms. The van der Waals surface area contributed by atoms with Crippen LogP contribution in [0.1, 0.15) is 25.0 Å². The predicted octanol–water partition coefficient (Wildman–Crippen LogP) is 5.07. The van der Waals surface area contributed by atoms with Crippen molar-refractivity contribution < 1.29 is 4.74 Å². The molecule has 2 aromatic rings. The highest BCUT2D eigenvalue weighted by Crippen LogP contribution is 2.28. The van der Waals surface area contributed by atoms with E-state index in [1.807, 2.05) is 42.5 Å². The Bertz CT molecular complexity index is 557. The smallest absolute Gasteiger partial charge is 0.139 e. The van der Waals surface area contributed by atoms with Crippen molar-refractivity contribution in [3.63, 3.8) is 0 Å². The Labute approximate surface area is 136 Å². The lowest BCUT2D eigenvalue weighted by Gasteiger charge is -2.25. The lowest BCUT2D eigenvalue weighted by molar-refractivity contribution is 0.171. The molecule has 0 saturated heterocycles. The summed E-state index contributed by atoms with van der Waals surface area (Å²) in [6.45, 7) is 2.07. The van der Waals surface area contributed by atoms with E-state index in [0.29, 0.717) is 0 Å². The molecule has 2 atom stereocenters. The van der Waals surface area contributed by atoms with Crippen LogP contribution in [0, 0.1) is 0 Å². The molecule has 0 radical (unpaired) electrons. The fraction of sp³-hybridized carbons (Fsp3) is 0.250. The maximum Gasteiger partial charge on any atom is 0.139 e. The Hall–Kier alpha value is -0.840. The van der Waals surface area contributed by atoms with Crippen LogP contribution in [0.15, 0.2) is 57.5 Å². The average Bonchev–Trinajstić information content (AvgIpc) is 2.46. The second-order valence-corrected chi connectivity index (χ2v) is 6.45. The van der Waals surface area contributed by atoms with Gasteiger partial charge in [0.1, 0.15) is 11.9 Å². The van der Waals surface area contributed by atoms with Gasteiger partial charge in [0.15, 0.2) is 0 Å². The second-order valence-electron chi connectivity index (χ2n) is 4.62. The molecule has 0 heterocycles. The molecule has 2 rings (SSSR count). The molecule has 0 spiro atoms. The lowest BCUT2D eigenvalue weighted by Crippen LogP contribution is -2.31. The number of hydrogen-bond donors (Lipinski definition) is 1. The maximum absolute atomic E-state index is 6.23. The minimum atomic E-state index is -0.154. The minimum absolute atomic E-state index is 0.0482. The minimum Gasteiger partial charge on any atom is -0.484 e. The summed E-state index contributed by atoms with van der Waals surface area (Å²) in [6, 6.07) is 15.9. The molecule has 0 fully saturated rings. The second kappa shape index (κ2) is 7.25. The first-order valence-corrected chi connectivity index (χ1v) is 8.12. The third kappa shape index (κ3) is 4.08. The molecule has 0 aromatic heterocycles. The summed E-state index contributed by atoms with van der Waals surface area (Å²) in [5.41, 5.74) is 7.31. The van der Waals surface area contributed by atoms with E-state index in [-0.39, 0.29) is 12.1 Å². The van der Waals surface area contributed by atoms with Crippen LogP contribution in [0.3, 0.4) is 0 Å². The van der Waals surface area contributed by atoms with Crippen molar-refractivity contribution in [2.24, 2.45) is 5.73 Å². The fourth-order valence-electron chi connectivity index (χ4n) is 1.96. The summed E-state index contributed by atoms with van der Waals surface area (Å²) in [7, 11) is 0. The van der Waals surface area contributed by atoms with Gasteiger partial charge in [-0.05, 0) is 48.4 Å².